The number of aryl methyl sites for hydroxylation is 1. The molecule has 0 aliphatic heterocycles. The lowest BCUT2D eigenvalue weighted by molar-refractivity contribution is 0.804. The van der Waals surface area contributed by atoms with Gasteiger partial charge < -0.3 is 0 Å². The molecule has 0 N–H and O–H groups in total. The second-order valence-electron chi connectivity index (χ2n) is 4.07. The van der Waals surface area contributed by atoms with E-state index in [1.165, 1.54) is 0 Å². The Morgan fingerprint density at radius 1 is 1.18 bits per heavy atom. The van der Waals surface area contributed by atoms with E-state index >= 15 is 0 Å². The molecular formula is C11H12Cl2N4. The molecule has 0 atom stereocenters. The number of rotatable bonds is 2. The summed E-state index contributed by atoms with van der Waals surface area (Å²) in [5, 5.41) is 13.0. The first-order valence-corrected chi connectivity index (χ1v) is 6.01. The van der Waals surface area contributed by atoms with Crippen LogP contribution in [0.25, 0.3) is 5.82 Å². The lowest BCUT2D eigenvalue weighted by atomic mass is 10.1. The van der Waals surface area contributed by atoms with Crippen molar-refractivity contribution < 1.29 is 0 Å². The Morgan fingerprint density at radius 3 is 2.35 bits per heavy atom. The van der Waals surface area contributed by atoms with Gasteiger partial charge in [-0.3, -0.25) is 0 Å². The monoisotopic (exact) mass is 270 g/mol. The third-order valence-electron chi connectivity index (χ3n) is 2.46. The summed E-state index contributed by atoms with van der Waals surface area (Å²) < 4.78 is 1.58. The molecule has 0 aliphatic rings. The Hall–Kier alpha value is -1.13. The van der Waals surface area contributed by atoms with Crippen LogP contribution in [0.15, 0.2) is 12.1 Å². The topological polar surface area (TPSA) is 43.6 Å². The van der Waals surface area contributed by atoms with E-state index < -0.39 is 0 Å². The van der Waals surface area contributed by atoms with Gasteiger partial charge in [-0.15, -0.1) is 10.2 Å². The molecule has 2 rings (SSSR count). The highest BCUT2D eigenvalue weighted by Crippen LogP contribution is 2.28. The van der Waals surface area contributed by atoms with Crippen molar-refractivity contribution in [2.24, 2.45) is 0 Å². The summed E-state index contributed by atoms with van der Waals surface area (Å²) in [5.41, 5.74) is 1.94. The van der Waals surface area contributed by atoms with Crippen molar-refractivity contribution in [2.75, 3.05) is 0 Å². The van der Waals surface area contributed by atoms with Gasteiger partial charge in [0.25, 0.3) is 0 Å². The summed E-state index contributed by atoms with van der Waals surface area (Å²) in [6.07, 6.45) is 0. The first-order valence-electron chi connectivity index (χ1n) is 5.25. The highest BCUT2D eigenvalue weighted by Gasteiger charge is 2.17. The van der Waals surface area contributed by atoms with Gasteiger partial charge in [0.05, 0.1) is 5.69 Å². The smallest absolute Gasteiger partial charge is 0.177 e. The van der Waals surface area contributed by atoms with Crippen LogP contribution >= 0.6 is 23.2 Å². The van der Waals surface area contributed by atoms with Gasteiger partial charge in [-0.05, 0) is 25.0 Å². The Labute approximate surface area is 110 Å². The fourth-order valence-corrected chi connectivity index (χ4v) is 2.32. The zero-order valence-electron chi connectivity index (χ0n) is 9.78. The molecule has 2 heterocycles. The first kappa shape index (κ1) is 12.3. The van der Waals surface area contributed by atoms with Crippen LogP contribution in [-0.2, 0) is 0 Å². The van der Waals surface area contributed by atoms with Crippen molar-refractivity contribution in [3.63, 3.8) is 0 Å². The predicted octanol–water partition coefficient (Wildman–Crippen LogP) is 3.40. The van der Waals surface area contributed by atoms with Gasteiger partial charge in [0.15, 0.2) is 11.0 Å². The third-order valence-corrected chi connectivity index (χ3v) is 3.03. The molecule has 4 nitrogen and oxygen atoms in total. The molecule has 0 spiro atoms. The van der Waals surface area contributed by atoms with Gasteiger partial charge in [-0.1, -0.05) is 37.0 Å². The minimum Gasteiger partial charge on any atom is -0.201 e. The van der Waals surface area contributed by atoms with Crippen molar-refractivity contribution >= 4 is 23.2 Å². The summed E-state index contributed by atoms with van der Waals surface area (Å²) >= 11 is 12.0. The second-order valence-corrected chi connectivity index (χ2v) is 4.82. The van der Waals surface area contributed by atoms with Crippen LogP contribution < -0.4 is 0 Å². The molecule has 90 valence electrons. The highest BCUT2D eigenvalue weighted by atomic mass is 35.5. The highest BCUT2D eigenvalue weighted by molar-refractivity contribution is 6.30. The van der Waals surface area contributed by atoms with Crippen LogP contribution in [0.5, 0.6) is 0 Å². The van der Waals surface area contributed by atoms with Crippen LogP contribution in [-0.4, -0.2) is 20.0 Å². The maximum absolute atomic E-state index is 6.30. The Morgan fingerprint density at radius 2 is 1.88 bits per heavy atom. The van der Waals surface area contributed by atoms with Crippen molar-refractivity contribution in [1.29, 1.82) is 0 Å². The first-order chi connectivity index (χ1) is 8.00. The summed E-state index contributed by atoms with van der Waals surface area (Å²) in [4.78, 5) is 0. The minimum absolute atomic E-state index is 0.316. The Bertz CT molecular complexity index is 531. The molecule has 6 heteroatoms. The van der Waals surface area contributed by atoms with Crippen LogP contribution in [0.4, 0.5) is 0 Å². The third kappa shape index (κ3) is 2.28. The Kier molecular flexibility index (Phi) is 3.35. The molecule has 0 fully saturated rings. The van der Waals surface area contributed by atoms with Gasteiger partial charge >= 0.3 is 0 Å². The van der Waals surface area contributed by atoms with Crippen LogP contribution in [0, 0.1) is 6.92 Å². The van der Waals surface area contributed by atoms with E-state index in [9.17, 15) is 0 Å². The maximum Gasteiger partial charge on any atom is 0.177 e. The van der Waals surface area contributed by atoms with Gasteiger partial charge in [0.1, 0.15) is 5.15 Å². The fraction of sp³-hybridized carbons (Fsp3) is 0.364. The molecule has 0 amide bonds. The van der Waals surface area contributed by atoms with Gasteiger partial charge in [0, 0.05) is 5.56 Å². The summed E-state index contributed by atoms with van der Waals surface area (Å²) in [6, 6.07) is 3.39. The lowest BCUT2D eigenvalue weighted by Gasteiger charge is -2.04. The van der Waals surface area contributed by atoms with Crippen molar-refractivity contribution in [3.05, 3.63) is 33.7 Å². The van der Waals surface area contributed by atoms with Gasteiger partial charge in [0.2, 0.25) is 0 Å². The molecule has 0 saturated heterocycles. The lowest BCUT2D eigenvalue weighted by Crippen LogP contribution is -2.01. The molecule has 0 aliphatic carbocycles. The number of hydrogen-bond donors (Lipinski definition) is 0. The average molecular weight is 271 g/mol. The number of nitrogens with zero attached hydrogens (tertiary/aromatic N) is 4. The molecule has 0 saturated carbocycles. The molecule has 2 aromatic heterocycles. The molecule has 0 bridgehead atoms. The van der Waals surface area contributed by atoms with E-state index in [2.05, 4.69) is 29.1 Å². The number of hydrogen-bond acceptors (Lipinski definition) is 3. The second kappa shape index (κ2) is 4.63. The number of aromatic nitrogens is 4. The van der Waals surface area contributed by atoms with E-state index in [1.54, 1.807) is 16.8 Å². The fourth-order valence-electron chi connectivity index (χ4n) is 1.74. The number of halogens is 2. The van der Waals surface area contributed by atoms with E-state index in [4.69, 9.17) is 23.2 Å². The van der Waals surface area contributed by atoms with Crippen LogP contribution in [0.2, 0.25) is 10.3 Å². The summed E-state index contributed by atoms with van der Waals surface area (Å²) in [7, 11) is 0. The van der Waals surface area contributed by atoms with Gasteiger partial charge in [-0.25, -0.2) is 4.68 Å². The maximum atomic E-state index is 6.30. The minimum atomic E-state index is 0.316. The Balaban J connectivity index is 2.53. The van der Waals surface area contributed by atoms with Crippen LogP contribution in [0.1, 0.15) is 31.0 Å². The molecular weight excluding hydrogens is 259 g/mol. The quantitative estimate of drug-likeness (QED) is 0.840. The molecule has 0 aromatic carbocycles. The summed E-state index contributed by atoms with van der Waals surface area (Å²) in [5.74, 6) is 0.880. The average Bonchev–Trinajstić information content (AvgIpc) is 2.55. The van der Waals surface area contributed by atoms with E-state index in [0.29, 0.717) is 22.0 Å². The zero-order chi connectivity index (χ0) is 12.6. The molecule has 0 radical (unpaired) electrons. The molecule has 0 unspecified atom stereocenters. The van der Waals surface area contributed by atoms with Crippen molar-refractivity contribution in [3.8, 4) is 5.82 Å². The van der Waals surface area contributed by atoms with Crippen molar-refractivity contribution in [1.82, 2.24) is 20.0 Å². The predicted molar refractivity (Wildman–Crippen MR) is 68.0 cm³/mol. The zero-order valence-corrected chi connectivity index (χ0v) is 11.3. The standard InChI is InChI=1S/C11H12Cl2N4/c1-6(2)10-7(3)16-17(11(10)13)9-5-4-8(12)14-15-9/h4-6H,1-3H3. The molecule has 2 aromatic rings. The molecule has 17 heavy (non-hydrogen) atoms. The van der Waals surface area contributed by atoms with E-state index in [0.717, 1.165) is 11.3 Å². The SMILES string of the molecule is Cc1nn(-c2ccc(Cl)nn2)c(Cl)c1C(C)C. The largest absolute Gasteiger partial charge is 0.201 e. The summed E-state index contributed by atoms with van der Waals surface area (Å²) in [6.45, 7) is 6.09. The van der Waals surface area contributed by atoms with E-state index in [-0.39, 0.29) is 0 Å². The van der Waals surface area contributed by atoms with Gasteiger partial charge in [-0.2, -0.15) is 5.10 Å². The van der Waals surface area contributed by atoms with Crippen LogP contribution in [0.3, 0.4) is 0 Å². The van der Waals surface area contributed by atoms with E-state index in [1.807, 2.05) is 6.92 Å². The van der Waals surface area contributed by atoms with Crippen molar-refractivity contribution in [2.45, 2.75) is 26.7 Å². The normalized spacial score (nSPS) is 11.2.